The minimum Gasteiger partial charge on any atom is -0.310 e. The zero-order valence-electron chi connectivity index (χ0n) is 12.4. The van der Waals surface area contributed by atoms with Crippen LogP contribution in [0.25, 0.3) is 5.82 Å². The average molecular weight is 293 g/mol. The van der Waals surface area contributed by atoms with Gasteiger partial charge in [0.25, 0.3) is 0 Å². The average Bonchev–Trinajstić information content (AvgIpc) is 2.72. The molecule has 0 aromatic carbocycles. The second kappa shape index (κ2) is 6.37. The van der Waals surface area contributed by atoms with Gasteiger partial charge < -0.3 is 5.32 Å². The molecule has 2 aromatic rings. The van der Waals surface area contributed by atoms with Crippen LogP contribution >= 0.6 is 11.6 Å². The van der Waals surface area contributed by atoms with Gasteiger partial charge in [0.2, 0.25) is 0 Å². The van der Waals surface area contributed by atoms with E-state index in [0.717, 1.165) is 30.2 Å². The molecule has 0 saturated carbocycles. The van der Waals surface area contributed by atoms with E-state index in [0.29, 0.717) is 11.1 Å². The van der Waals surface area contributed by atoms with Gasteiger partial charge in [-0.25, -0.2) is 9.67 Å². The maximum absolute atomic E-state index is 6.17. The smallest absolute Gasteiger partial charge is 0.153 e. The number of aromatic nitrogens is 3. The fraction of sp³-hybridized carbons (Fsp3) is 0.467. The number of nitrogens with one attached hydrogen (secondary N) is 1. The molecule has 0 fully saturated rings. The van der Waals surface area contributed by atoms with Crippen LogP contribution in [-0.2, 0) is 0 Å². The molecule has 1 unspecified atom stereocenters. The fourth-order valence-corrected chi connectivity index (χ4v) is 2.22. The van der Waals surface area contributed by atoms with Crippen molar-refractivity contribution in [3.05, 3.63) is 40.3 Å². The molecule has 2 heterocycles. The zero-order valence-corrected chi connectivity index (χ0v) is 13.2. The Morgan fingerprint density at radius 1 is 1.35 bits per heavy atom. The van der Waals surface area contributed by atoms with Gasteiger partial charge in [-0.15, -0.1) is 0 Å². The highest BCUT2D eigenvalue weighted by molar-refractivity contribution is 6.31. The summed E-state index contributed by atoms with van der Waals surface area (Å²) in [6.45, 7) is 9.16. The van der Waals surface area contributed by atoms with Gasteiger partial charge in [0.15, 0.2) is 5.82 Å². The summed E-state index contributed by atoms with van der Waals surface area (Å²) < 4.78 is 1.78. The summed E-state index contributed by atoms with van der Waals surface area (Å²) in [5, 5.41) is 8.56. The standard InChI is InChI=1S/C15H21ClN4/c1-5-8-17-10(2)13-6-7-14(18-9-13)20-12(4)15(16)11(3)19-20/h6-7,9-10,17H,5,8H2,1-4H3. The Hall–Kier alpha value is -1.39. The van der Waals surface area contributed by atoms with E-state index < -0.39 is 0 Å². The van der Waals surface area contributed by atoms with Crippen LogP contribution in [0.4, 0.5) is 0 Å². The van der Waals surface area contributed by atoms with Crippen LogP contribution in [0.2, 0.25) is 5.02 Å². The lowest BCUT2D eigenvalue weighted by Crippen LogP contribution is -2.19. The number of nitrogens with zero attached hydrogens (tertiary/aromatic N) is 3. The summed E-state index contributed by atoms with van der Waals surface area (Å²) in [6.07, 6.45) is 3.02. The number of pyridine rings is 1. The SMILES string of the molecule is CCCNC(C)c1ccc(-n2nc(C)c(Cl)c2C)nc1. The van der Waals surface area contributed by atoms with Crippen molar-refractivity contribution in [1.82, 2.24) is 20.1 Å². The Labute approximate surface area is 125 Å². The number of hydrogen-bond acceptors (Lipinski definition) is 3. The van der Waals surface area contributed by atoms with Crippen molar-refractivity contribution in [2.24, 2.45) is 0 Å². The molecule has 4 nitrogen and oxygen atoms in total. The van der Waals surface area contributed by atoms with E-state index in [1.807, 2.05) is 26.1 Å². The maximum atomic E-state index is 6.17. The minimum absolute atomic E-state index is 0.306. The van der Waals surface area contributed by atoms with Gasteiger partial charge in [-0.2, -0.15) is 5.10 Å². The van der Waals surface area contributed by atoms with Gasteiger partial charge in [0, 0.05) is 12.2 Å². The number of rotatable bonds is 5. The third-order valence-corrected chi connectivity index (χ3v) is 3.94. The fourth-order valence-electron chi connectivity index (χ4n) is 2.10. The third-order valence-electron chi connectivity index (χ3n) is 3.39. The van der Waals surface area contributed by atoms with E-state index in [2.05, 4.69) is 35.3 Å². The molecule has 0 aliphatic carbocycles. The molecule has 0 bridgehead atoms. The van der Waals surface area contributed by atoms with Gasteiger partial charge >= 0.3 is 0 Å². The summed E-state index contributed by atoms with van der Waals surface area (Å²) >= 11 is 6.17. The van der Waals surface area contributed by atoms with Crippen LogP contribution in [0.5, 0.6) is 0 Å². The van der Waals surface area contributed by atoms with Crippen LogP contribution in [0, 0.1) is 13.8 Å². The highest BCUT2D eigenvalue weighted by atomic mass is 35.5. The third kappa shape index (κ3) is 3.02. The second-order valence-corrected chi connectivity index (χ2v) is 5.40. The van der Waals surface area contributed by atoms with Crippen molar-refractivity contribution in [3.63, 3.8) is 0 Å². The van der Waals surface area contributed by atoms with Crippen molar-refractivity contribution in [3.8, 4) is 5.82 Å². The van der Waals surface area contributed by atoms with Gasteiger partial charge in [-0.3, -0.25) is 0 Å². The molecule has 2 aromatic heterocycles. The predicted molar refractivity (Wildman–Crippen MR) is 82.6 cm³/mol. The highest BCUT2D eigenvalue weighted by Crippen LogP contribution is 2.22. The highest BCUT2D eigenvalue weighted by Gasteiger charge is 2.12. The molecule has 5 heteroatoms. The molecule has 2 rings (SSSR count). The Balaban J connectivity index is 2.21. The lowest BCUT2D eigenvalue weighted by molar-refractivity contribution is 0.569. The number of hydrogen-bond donors (Lipinski definition) is 1. The quantitative estimate of drug-likeness (QED) is 0.915. The van der Waals surface area contributed by atoms with Crippen molar-refractivity contribution in [2.75, 3.05) is 6.54 Å². The molecule has 0 saturated heterocycles. The van der Waals surface area contributed by atoms with Gasteiger partial charge in [-0.05, 0) is 45.4 Å². The van der Waals surface area contributed by atoms with E-state index in [-0.39, 0.29) is 0 Å². The van der Waals surface area contributed by atoms with E-state index in [1.165, 1.54) is 5.56 Å². The Morgan fingerprint density at radius 3 is 2.60 bits per heavy atom. The Kier molecular flexibility index (Phi) is 4.78. The molecule has 0 aliphatic rings. The van der Waals surface area contributed by atoms with Crippen molar-refractivity contribution in [1.29, 1.82) is 0 Å². The molecular formula is C15H21ClN4. The molecule has 108 valence electrons. The molecule has 0 radical (unpaired) electrons. The normalized spacial score (nSPS) is 12.7. The lowest BCUT2D eigenvalue weighted by Gasteiger charge is -2.13. The first-order valence-corrected chi connectivity index (χ1v) is 7.33. The predicted octanol–water partition coefficient (Wildman–Crippen LogP) is 3.60. The van der Waals surface area contributed by atoms with Crippen LogP contribution in [0.3, 0.4) is 0 Å². The van der Waals surface area contributed by atoms with Gasteiger partial charge in [0.1, 0.15) is 0 Å². The van der Waals surface area contributed by atoms with Crippen LogP contribution < -0.4 is 5.32 Å². The monoisotopic (exact) mass is 292 g/mol. The first-order chi connectivity index (χ1) is 9.54. The molecular weight excluding hydrogens is 272 g/mol. The lowest BCUT2D eigenvalue weighted by atomic mass is 10.1. The number of aryl methyl sites for hydroxylation is 1. The van der Waals surface area contributed by atoms with E-state index >= 15 is 0 Å². The molecule has 0 amide bonds. The topological polar surface area (TPSA) is 42.7 Å². The van der Waals surface area contributed by atoms with Crippen LogP contribution in [0.15, 0.2) is 18.3 Å². The summed E-state index contributed by atoms with van der Waals surface area (Å²) in [7, 11) is 0. The first kappa shape index (κ1) is 15.0. The summed E-state index contributed by atoms with van der Waals surface area (Å²) in [5.41, 5.74) is 2.92. The zero-order chi connectivity index (χ0) is 14.7. The Morgan fingerprint density at radius 2 is 2.10 bits per heavy atom. The first-order valence-electron chi connectivity index (χ1n) is 6.96. The molecule has 1 atom stereocenters. The van der Waals surface area contributed by atoms with Crippen LogP contribution in [-0.4, -0.2) is 21.3 Å². The molecule has 20 heavy (non-hydrogen) atoms. The van der Waals surface area contributed by atoms with Gasteiger partial charge in [0.05, 0.1) is 16.4 Å². The number of halogens is 1. The van der Waals surface area contributed by atoms with Crippen LogP contribution in [0.1, 0.15) is 43.3 Å². The largest absolute Gasteiger partial charge is 0.310 e. The van der Waals surface area contributed by atoms with Crippen molar-refractivity contribution < 1.29 is 0 Å². The van der Waals surface area contributed by atoms with Crippen molar-refractivity contribution >= 4 is 11.6 Å². The summed E-state index contributed by atoms with van der Waals surface area (Å²) in [5.74, 6) is 0.795. The molecule has 0 spiro atoms. The van der Waals surface area contributed by atoms with Gasteiger partial charge in [-0.1, -0.05) is 24.6 Å². The summed E-state index contributed by atoms with van der Waals surface area (Å²) in [6, 6.07) is 4.37. The molecule has 1 N–H and O–H groups in total. The Bertz CT molecular complexity index is 574. The summed E-state index contributed by atoms with van der Waals surface area (Å²) in [4.78, 5) is 4.50. The molecule has 0 aliphatic heterocycles. The van der Waals surface area contributed by atoms with E-state index in [1.54, 1.807) is 4.68 Å². The minimum atomic E-state index is 0.306. The maximum Gasteiger partial charge on any atom is 0.153 e. The van der Waals surface area contributed by atoms with Crippen molar-refractivity contribution in [2.45, 2.75) is 40.2 Å². The second-order valence-electron chi connectivity index (χ2n) is 5.02. The van der Waals surface area contributed by atoms with E-state index in [4.69, 9.17) is 11.6 Å². The van der Waals surface area contributed by atoms with E-state index in [9.17, 15) is 0 Å².